The first kappa shape index (κ1) is 11.9. The Labute approximate surface area is 91.2 Å². The van der Waals surface area contributed by atoms with E-state index in [1.165, 1.54) is 32.1 Å². The average Bonchev–Trinajstić information content (AvgIpc) is 2.10. The van der Waals surface area contributed by atoms with Crippen LogP contribution in [0.4, 0.5) is 0 Å². The van der Waals surface area contributed by atoms with Crippen LogP contribution in [0.15, 0.2) is 0 Å². The average molecular weight is 215 g/mol. The molecule has 1 aliphatic carbocycles. The van der Waals surface area contributed by atoms with Crippen LogP contribution < -0.4 is 5.32 Å². The molecule has 2 nitrogen and oxygen atoms in total. The van der Waals surface area contributed by atoms with Gasteiger partial charge in [0.1, 0.15) is 0 Å². The summed E-state index contributed by atoms with van der Waals surface area (Å²) in [5.41, 5.74) is 0. The Morgan fingerprint density at radius 3 is 2.43 bits per heavy atom. The molecule has 0 heterocycles. The zero-order chi connectivity index (χ0) is 10.4. The van der Waals surface area contributed by atoms with Gasteiger partial charge in [0.05, 0.1) is 0 Å². The molecule has 0 aliphatic heterocycles. The Bertz CT molecular complexity index is 184. The summed E-state index contributed by atoms with van der Waals surface area (Å²) in [5.74, 6) is 0.120. The van der Waals surface area contributed by atoms with Gasteiger partial charge in [-0.2, -0.15) is 11.8 Å². The van der Waals surface area contributed by atoms with Crippen LogP contribution in [0, 0.1) is 0 Å². The quantitative estimate of drug-likeness (QED) is 0.767. The standard InChI is InChI=1S/C11H21NOS/c1-9(13)12-10-7-5-3-4-6-8-11(10)14-2/h10-11H,3-8H2,1-2H3,(H,12,13)/t10-,11-/m1/s1. The summed E-state index contributed by atoms with van der Waals surface area (Å²) in [5, 5.41) is 3.72. The molecule has 1 N–H and O–H groups in total. The van der Waals surface area contributed by atoms with Gasteiger partial charge in [0.2, 0.25) is 5.91 Å². The highest BCUT2D eigenvalue weighted by molar-refractivity contribution is 7.99. The summed E-state index contributed by atoms with van der Waals surface area (Å²) < 4.78 is 0. The van der Waals surface area contributed by atoms with E-state index < -0.39 is 0 Å². The van der Waals surface area contributed by atoms with Crippen LogP contribution in [0.1, 0.15) is 45.4 Å². The Morgan fingerprint density at radius 2 is 1.86 bits per heavy atom. The number of thioether (sulfide) groups is 1. The molecule has 0 unspecified atom stereocenters. The molecule has 0 bridgehead atoms. The van der Waals surface area contributed by atoms with Gasteiger partial charge in [0.15, 0.2) is 0 Å². The topological polar surface area (TPSA) is 29.1 Å². The highest BCUT2D eigenvalue weighted by atomic mass is 32.2. The molecule has 1 rings (SSSR count). The number of rotatable bonds is 2. The second kappa shape index (κ2) is 6.33. The van der Waals surface area contributed by atoms with Gasteiger partial charge in [-0.3, -0.25) is 4.79 Å². The Hall–Kier alpha value is -0.180. The van der Waals surface area contributed by atoms with E-state index in [0.717, 1.165) is 6.42 Å². The first-order valence-electron chi connectivity index (χ1n) is 5.54. The molecule has 1 saturated carbocycles. The minimum atomic E-state index is 0.120. The maximum absolute atomic E-state index is 11.1. The van der Waals surface area contributed by atoms with E-state index >= 15 is 0 Å². The van der Waals surface area contributed by atoms with E-state index in [4.69, 9.17) is 0 Å². The van der Waals surface area contributed by atoms with E-state index in [9.17, 15) is 4.79 Å². The van der Waals surface area contributed by atoms with E-state index in [-0.39, 0.29) is 5.91 Å². The number of amides is 1. The summed E-state index contributed by atoms with van der Waals surface area (Å²) in [4.78, 5) is 11.1. The Kier molecular flexibility index (Phi) is 5.38. The van der Waals surface area contributed by atoms with Gasteiger partial charge in [0, 0.05) is 18.2 Å². The van der Waals surface area contributed by atoms with E-state index in [1.807, 2.05) is 11.8 Å². The Balaban J connectivity index is 2.49. The number of carbonyl (C=O) groups is 1. The summed E-state index contributed by atoms with van der Waals surface area (Å²) >= 11 is 1.90. The van der Waals surface area contributed by atoms with Crippen LogP contribution in [0.3, 0.4) is 0 Å². The molecular formula is C11H21NOS. The minimum Gasteiger partial charge on any atom is -0.353 e. The minimum absolute atomic E-state index is 0.120. The zero-order valence-electron chi connectivity index (χ0n) is 9.21. The maximum Gasteiger partial charge on any atom is 0.217 e. The summed E-state index contributed by atoms with van der Waals surface area (Å²) in [7, 11) is 0. The van der Waals surface area contributed by atoms with Gasteiger partial charge in [-0.1, -0.05) is 25.7 Å². The molecule has 0 spiro atoms. The number of carbonyl (C=O) groups excluding carboxylic acids is 1. The first-order valence-corrected chi connectivity index (χ1v) is 6.82. The third-order valence-electron chi connectivity index (χ3n) is 2.89. The van der Waals surface area contributed by atoms with Crippen molar-refractivity contribution in [2.24, 2.45) is 0 Å². The van der Waals surface area contributed by atoms with Crippen molar-refractivity contribution in [1.29, 1.82) is 0 Å². The van der Waals surface area contributed by atoms with Crippen LogP contribution in [0.2, 0.25) is 0 Å². The van der Waals surface area contributed by atoms with E-state index in [0.29, 0.717) is 11.3 Å². The largest absolute Gasteiger partial charge is 0.353 e. The van der Waals surface area contributed by atoms with Crippen molar-refractivity contribution in [3.05, 3.63) is 0 Å². The molecule has 0 aromatic heterocycles. The van der Waals surface area contributed by atoms with Crippen molar-refractivity contribution < 1.29 is 4.79 Å². The lowest BCUT2D eigenvalue weighted by Gasteiger charge is -2.28. The molecule has 1 fully saturated rings. The Morgan fingerprint density at radius 1 is 1.21 bits per heavy atom. The monoisotopic (exact) mass is 215 g/mol. The van der Waals surface area contributed by atoms with Crippen molar-refractivity contribution in [1.82, 2.24) is 5.32 Å². The summed E-state index contributed by atoms with van der Waals surface area (Å²) in [6, 6.07) is 0.405. The lowest BCUT2D eigenvalue weighted by Crippen LogP contribution is -2.41. The molecule has 0 aromatic carbocycles. The number of nitrogens with one attached hydrogen (secondary N) is 1. The highest BCUT2D eigenvalue weighted by Crippen LogP contribution is 2.25. The van der Waals surface area contributed by atoms with Crippen LogP contribution in [-0.2, 0) is 4.79 Å². The molecule has 2 atom stereocenters. The number of hydrogen-bond acceptors (Lipinski definition) is 2. The first-order chi connectivity index (χ1) is 6.74. The van der Waals surface area contributed by atoms with E-state index in [1.54, 1.807) is 6.92 Å². The molecule has 1 amide bonds. The normalized spacial score (nSPS) is 29.0. The predicted molar refractivity (Wildman–Crippen MR) is 62.6 cm³/mol. The molecular weight excluding hydrogens is 194 g/mol. The predicted octanol–water partition coefficient (Wildman–Crippen LogP) is 2.58. The maximum atomic E-state index is 11.1. The molecule has 1 aliphatic rings. The van der Waals surface area contributed by atoms with Crippen molar-refractivity contribution >= 4 is 17.7 Å². The molecule has 0 aromatic rings. The lowest BCUT2D eigenvalue weighted by atomic mass is 9.96. The van der Waals surface area contributed by atoms with E-state index in [2.05, 4.69) is 11.6 Å². The molecule has 0 radical (unpaired) electrons. The van der Waals surface area contributed by atoms with Crippen molar-refractivity contribution in [2.45, 2.75) is 56.7 Å². The second-order valence-electron chi connectivity index (χ2n) is 4.07. The van der Waals surface area contributed by atoms with Gasteiger partial charge in [-0.25, -0.2) is 0 Å². The van der Waals surface area contributed by atoms with Gasteiger partial charge in [0.25, 0.3) is 0 Å². The van der Waals surface area contributed by atoms with Gasteiger partial charge >= 0.3 is 0 Å². The lowest BCUT2D eigenvalue weighted by molar-refractivity contribution is -0.119. The molecule has 0 saturated heterocycles. The van der Waals surface area contributed by atoms with Crippen molar-refractivity contribution in [3.8, 4) is 0 Å². The third kappa shape index (κ3) is 3.91. The molecule has 3 heteroatoms. The fourth-order valence-electron chi connectivity index (χ4n) is 2.16. The van der Waals surface area contributed by atoms with Gasteiger partial charge in [-0.15, -0.1) is 0 Å². The third-order valence-corrected chi connectivity index (χ3v) is 4.06. The van der Waals surface area contributed by atoms with Crippen LogP contribution in [0.5, 0.6) is 0 Å². The highest BCUT2D eigenvalue weighted by Gasteiger charge is 2.22. The van der Waals surface area contributed by atoms with Crippen LogP contribution in [0.25, 0.3) is 0 Å². The fraction of sp³-hybridized carbons (Fsp3) is 0.909. The molecule has 82 valence electrons. The number of hydrogen-bond donors (Lipinski definition) is 1. The van der Waals surface area contributed by atoms with Crippen molar-refractivity contribution in [3.63, 3.8) is 0 Å². The van der Waals surface area contributed by atoms with Crippen molar-refractivity contribution in [2.75, 3.05) is 6.26 Å². The fourth-order valence-corrected chi connectivity index (χ4v) is 3.09. The van der Waals surface area contributed by atoms with Crippen LogP contribution in [-0.4, -0.2) is 23.5 Å². The second-order valence-corrected chi connectivity index (χ2v) is 5.15. The SMILES string of the molecule is CS[C@@H]1CCCCCC[C@H]1NC(C)=O. The molecule has 14 heavy (non-hydrogen) atoms. The summed E-state index contributed by atoms with van der Waals surface area (Å²) in [6.45, 7) is 1.62. The van der Waals surface area contributed by atoms with Gasteiger partial charge < -0.3 is 5.32 Å². The van der Waals surface area contributed by atoms with Gasteiger partial charge in [-0.05, 0) is 19.1 Å². The zero-order valence-corrected chi connectivity index (χ0v) is 10.0. The smallest absolute Gasteiger partial charge is 0.217 e. The van der Waals surface area contributed by atoms with Crippen LogP contribution >= 0.6 is 11.8 Å². The summed E-state index contributed by atoms with van der Waals surface area (Å²) in [6.07, 6.45) is 9.85.